The molecule has 1 aliphatic heterocycles. The maximum absolute atomic E-state index is 12.0. The Morgan fingerprint density at radius 3 is 3.17 bits per heavy atom. The van der Waals surface area contributed by atoms with Crippen LogP contribution in [0.4, 0.5) is 0 Å². The van der Waals surface area contributed by atoms with Gasteiger partial charge in [-0.1, -0.05) is 0 Å². The summed E-state index contributed by atoms with van der Waals surface area (Å²) < 4.78 is 5.54. The van der Waals surface area contributed by atoms with E-state index in [-0.39, 0.29) is 5.91 Å². The van der Waals surface area contributed by atoms with E-state index in [9.17, 15) is 4.79 Å². The average Bonchev–Trinajstić information content (AvgIpc) is 3.04. The lowest BCUT2D eigenvalue weighted by Gasteiger charge is -2.09. The minimum Gasteiger partial charge on any atom is -0.378 e. The van der Waals surface area contributed by atoms with Gasteiger partial charge in [0.2, 0.25) is 0 Å². The molecule has 1 fully saturated rings. The number of ether oxygens (including phenoxy) is 1. The molecule has 2 aliphatic rings. The summed E-state index contributed by atoms with van der Waals surface area (Å²) in [5.74, 6) is 0.0902. The van der Waals surface area contributed by atoms with Crippen LogP contribution < -0.4 is 5.32 Å². The molecule has 3 rings (SSSR count). The van der Waals surface area contributed by atoms with Crippen LogP contribution in [0, 0.1) is 0 Å². The number of hydrogen-bond donors (Lipinski definition) is 1. The van der Waals surface area contributed by atoms with Crippen LogP contribution in [0.25, 0.3) is 0 Å². The van der Waals surface area contributed by atoms with E-state index < -0.39 is 0 Å². The van der Waals surface area contributed by atoms with Crippen molar-refractivity contribution in [1.82, 2.24) is 5.32 Å². The summed E-state index contributed by atoms with van der Waals surface area (Å²) in [6, 6.07) is 2.08. The van der Waals surface area contributed by atoms with Gasteiger partial charge in [-0.15, -0.1) is 11.3 Å². The van der Waals surface area contributed by atoms with Crippen molar-refractivity contribution < 1.29 is 9.53 Å². The number of hydrogen-bond acceptors (Lipinski definition) is 3. The molecule has 0 bridgehead atoms. The third-order valence-electron chi connectivity index (χ3n) is 3.75. The number of fused-ring (bicyclic) bond motifs is 1. The second-order valence-corrected chi connectivity index (χ2v) is 6.23. The number of amides is 1. The number of rotatable bonds is 4. The molecule has 0 saturated carbocycles. The number of aryl methyl sites for hydroxylation is 2. The van der Waals surface area contributed by atoms with E-state index in [0.717, 1.165) is 50.1 Å². The van der Waals surface area contributed by atoms with Crippen molar-refractivity contribution in [3.63, 3.8) is 0 Å². The number of carbonyl (C=O) groups excluding carboxylic acids is 1. The van der Waals surface area contributed by atoms with Gasteiger partial charge in [0.1, 0.15) is 0 Å². The van der Waals surface area contributed by atoms with Gasteiger partial charge in [0.25, 0.3) is 5.91 Å². The van der Waals surface area contributed by atoms with Crippen LogP contribution in [0.3, 0.4) is 0 Å². The lowest BCUT2D eigenvalue weighted by molar-refractivity contribution is 0.0910. The van der Waals surface area contributed by atoms with E-state index in [0.29, 0.717) is 6.10 Å². The molecule has 1 atom stereocenters. The van der Waals surface area contributed by atoms with Crippen molar-refractivity contribution >= 4 is 17.2 Å². The summed E-state index contributed by atoms with van der Waals surface area (Å²) in [6.45, 7) is 1.61. The molecule has 98 valence electrons. The van der Waals surface area contributed by atoms with Crippen molar-refractivity contribution in [2.45, 2.75) is 44.6 Å². The van der Waals surface area contributed by atoms with Gasteiger partial charge in [0.15, 0.2) is 0 Å². The first-order chi connectivity index (χ1) is 8.83. The molecule has 18 heavy (non-hydrogen) atoms. The zero-order chi connectivity index (χ0) is 12.4. The van der Waals surface area contributed by atoms with E-state index in [2.05, 4.69) is 11.4 Å². The molecule has 1 aliphatic carbocycles. The van der Waals surface area contributed by atoms with Gasteiger partial charge in [-0.2, -0.15) is 0 Å². The second-order valence-electron chi connectivity index (χ2n) is 5.09. The zero-order valence-corrected chi connectivity index (χ0v) is 11.4. The van der Waals surface area contributed by atoms with Crippen LogP contribution >= 0.6 is 11.3 Å². The maximum atomic E-state index is 12.0. The molecule has 2 heterocycles. The Morgan fingerprint density at radius 2 is 2.39 bits per heavy atom. The first kappa shape index (κ1) is 12.2. The Balaban J connectivity index is 1.48. The molecule has 1 unspecified atom stereocenters. The molecule has 0 radical (unpaired) electrons. The first-order valence-electron chi connectivity index (χ1n) is 6.84. The molecular formula is C14H19NO2S. The van der Waals surface area contributed by atoms with Crippen LogP contribution in [0.1, 0.15) is 45.8 Å². The summed E-state index contributed by atoms with van der Waals surface area (Å²) >= 11 is 1.67. The summed E-state index contributed by atoms with van der Waals surface area (Å²) in [5.41, 5.74) is 1.39. The smallest absolute Gasteiger partial charge is 0.261 e. The van der Waals surface area contributed by atoms with E-state index in [1.807, 2.05) is 0 Å². The molecule has 1 amide bonds. The van der Waals surface area contributed by atoms with E-state index in [4.69, 9.17) is 4.74 Å². The normalized spacial score (nSPS) is 22.1. The minimum absolute atomic E-state index is 0.0902. The van der Waals surface area contributed by atoms with Crippen LogP contribution in [0.15, 0.2) is 6.07 Å². The highest BCUT2D eigenvalue weighted by molar-refractivity contribution is 7.14. The summed E-state index contributed by atoms with van der Waals surface area (Å²) in [5, 5.41) is 3.01. The number of thiophene rings is 1. The maximum Gasteiger partial charge on any atom is 0.261 e. The van der Waals surface area contributed by atoms with Crippen LogP contribution in [-0.4, -0.2) is 25.2 Å². The van der Waals surface area contributed by atoms with Gasteiger partial charge < -0.3 is 10.1 Å². The Morgan fingerprint density at radius 1 is 1.44 bits per heavy atom. The predicted molar refractivity (Wildman–Crippen MR) is 72.3 cm³/mol. The molecule has 3 nitrogen and oxygen atoms in total. The highest BCUT2D eigenvalue weighted by atomic mass is 32.1. The summed E-state index contributed by atoms with van der Waals surface area (Å²) in [4.78, 5) is 14.3. The van der Waals surface area contributed by atoms with Crippen LogP contribution in [-0.2, 0) is 17.6 Å². The Bertz CT molecular complexity index is 414. The van der Waals surface area contributed by atoms with Crippen molar-refractivity contribution in [3.05, 3.63) is 21.4 Å². The van der Waals surface area contributed by atoms with Crippen LogP contribution in [0.5, 0.6) is 0 Å². The fourth-order valence-electron chi connectivity index (χ4n) is 2.75. The topological polar surface area (TPSA) is 38.3 Å². The fourth-order valence-corrected chi connectivity index (χ4v) is 3.92. The van der Waals surface area contributed by atoms with Gasteiger partial charge in [-0.3, -0.25) is 4.79 Å². The largest absolute Gasteiger partial charge is 0.378 e. The van der Waals surface area contributed by atoms with Crippen LogP contribution in [0.2, 0.25) is 0 Å². The van der Waals surface area contributed by atoms with E-state index >= 15 is 0 Å². The molecule has 1 aromatic heterocycles. The van der Waals surface area contributed by atoms with Crippen molar-refractivity contribution in [3.8, 4) is 0 Å². The fraction of sp³-hybridized carbons (Fsp3) is 0.643. The van der Waals surface area contributed by atoms with Crippen molar-refractivity contribution in [1.29, 1.82) is 0 Å². The lowest BCUT2D eigenvalue weighted by Crippen LogP contribution is -2.26. The SMILES string of the molecule is O=C(NCCC1CCCO1)c1cc2c(s1)CCC2. The van der Waals surface area contributed by atoms with Crippen molar-refractivity contribution in [2.75, 3.05) is 13.2 Å². The average molecular weight is 265 g/mol. The lowest BCUT2D eigenvalue weighted by atomic mass is 10.2. The zero-order valence-electron chi connectivity index (χ0n) is 10.5. The van der Waals surface area contributed by atoms with Gasteiger partial charge in [0, 0.05) is 18.0 Å². The first-order valence-corrected chi connectivity index (χ1v) is 7.66. The van der Waals surface area contributed by atoms with Gasteiger partial charge in [0.05, 0.1) is 11.0 Å². The Hall–Kier alpha value is -0.870. The molecule has 0 spiro atoms. The molecule has 0 aromatic carbocycles. The molecular weight excluding hydrogens is 246 g/mol. The molecule has 1 saturated heterocycles. The van der Waals surface area contributed by atoms with Crippen molar-refractivity contribution in [2.24, 2.45) is 0 Å². The monoisotopic (exact) mass is 265 g/mol. The predicted octanol–water partition coefficient (Wildman–Crippen LogP) is 2.54. The van der Waals surface area contributed by atoms with E-state index in [1.165, 1.54) is 16.9 Å². The van der Waals surface area contributed by atoms with Gasteiger partial charge in [-0.05, 0) is 50.2 Å². The Labute approximate surface area is 112 Å². The molecule has 1 N–H and O–H groups in total. The van der Waals surface area contributed by atoms with Gasteiger partial charge >= 0.3 is 0 Å². The minimum atomic E-state index is 0.0902. The number of carbonyl (C=O) groups is 1. The standard InChI is InChI=1S/C14H19NO2S/c16-14(15-7-6-11-4-2-8-17-11)13-9-10-3-1-5-12(10)18-13/h9,11H,1-8H2,(H,15,16). The third-order valence-corrected chi connectivity index (χ3v) is 4.98. The second kappa shape index (κ2) is 5.41. The summed E-state index contributed by atoms with van der Waals surface area (Å²) in [6.07, 6.45) is 7.16. The Kier molecular flexibility index (Phi) is 3.66. The van der Waals surface area contributed by atoms with Gasteiger partial charge in [-0.25, -0.2) is 0 Å². The number of nitrogens with one attached hydrogen (secondary N) is 1. The highest BCUT2D eigenvalue weighted by Gasteiger charge is 2.19. The molecule has 4 heteroatoms. The third kappa shape index (κ3) is 2.59. The quantitative estimate of drug-likeness (QED) is 0.908. The summed E-state index contributed by atoms with van der Waals surface area (Å²) in [7, 11) is 0. The highest BCUT2D eigenvalue weighted by Crippen LogP contribution is 2.30. The van der Waals surface area contributed by atoms with E-state index in [1.54, 1.807) is 11.3 Å². The molecule has 1 aromatic rings.